The summed E-state index contributed by atoms with van der Waals surface area (Å²) >= 11 is 0. The highest BCUT2D eigenvalue weighted by atomic mass is 32.3. The zero-order chi connectivity index (χ0) is 60.9. The normalized spacial score (nSPS) is 36.7. The maximum Gasteiger partial charge on any atom is 0.397 e. The molecule has 49 nitrogen and oxygen atoms in total. The lowest BCUT2D eigenvalue weighted by Crippen LogP contribution is -2.76. The molecule has 4 saturated heterocycles. The van der Waals surface area contributed by atoms with Gasteiger partial charge in [0, 0.05) is 13.0 Å². The molecular formula is C27H48O49S5. The summed E-state index contributed by atoms with van der Waals surface area (Å²) in [6.45, 7) is -4.05. The third-order valence-corrected chi connectivity index (χ3v) is 13.3. The zero-order valence-electron chi connectivity index (χ0n) is 39.8. The van der Waals surface area contributed by atoms with Crippen molar-refractivity contribution in [3.8, 4) is 0 Å². The Kier molecular flexibility index (Phi) is 27.6. The van der Waals surface area contributed by atoms with E-state index >= 15 is 0 Å². The Hall–Kier alpha value is -1.81. The molecule has 0 aromatic rings. The van der Waals surface area contributed by atoms with Crippen molar-refractivity contribution >= 4 is 52.0 Å². The minimum absolute atomic E-state index is 1.09. The Morgan fingerprint density at radius 3 is 1.11 bits per heavy atom. The van der Waals surface area contributed by atoms with E-state index in [0.717, 1.165) is 7.11 Å². The minimum Gasteiger partial charge on any atom is -0.378 e. The van der Waals surface area contributed by atoms with Gasteiger partial charge >= 0.3 is 52.0 Å². The average Bonchev–Trinajstić information content (AvgIpc) is 3.49. The number of ether oxygens (including phenoxy) is 8. The van der Waals surface area contributed by atoms with Crippen molar-refractivity contribution < 1.29 is 230 Å². The summed E-state index contributed by atoms with van der Waals surface area (Å²) in [7, 11) is -27.8. The maximum absolute atomic E-state index is 12.9. The van der Waals surface area contributed by atoms with Crippen molar-refractivity contribution in [3.05, 3.63) is 0 Å². The zero-order valence-corrected chi connectivity index (χ0v) is 43.9. The molecule has 19 atom stereocenters. The summed E-state index contributed by atoms with van der Waals surface area (Å²) in [5.74, 6) is -5.52. The van der Waals surface area contributed by atoms with Crippen molar-refractivity contribution in [3.63, 3.8) is 0 Å². The smallest absolute Gasteiger partial charge is 0.378 e. The Morgan fingerprint density at radius 1 is 0.395 bits per heavy atom. The summed E-state index contributed by atoms with van der Waals surface area (Å²) in [6, 6.07) is 0. The molecule has 81 heavy (non-hydrogen) atoms. The van der Waals surface area contributed by atoms with E-state index in [1.807, 2.05) is 0 Å². The van der Waals surface area contributed by atoms with Crippen LogP contribution in [0.15, 0.2) is 0 Å². The molecule has 0 aromatic carbocycles. The molecule has 8 unspecified atom stereocenters. The highest BCUT2D eigenvalue weighted by Gasteiger charge is 2.69. The standard InChI is InChI=1S/C27H48O49S5/c1-8-14(50-3)9(2)55-10(4-51-77(35,36)37)15(8)59-24-22(69-81(47,48)49)23(68-76-34)27(13(58-24)7-54-80(44,45)46,60-25-20(66-74-32)18(64-72-30)16(62-70-28)11(56-25)5-52-78(38,39)40)61-26-21(67-75-33)19(65-73-31)17(63-71-29)12(57-26)6-53-79(41,42)43/h8-26,28-34H,4-7H2,1-3H3,(H,35,36,37)(H,38,39,40)(H,41,42,43)(H,44,45,46)(H,47,48,49)/t8-,9+,10?,11+,12+,13+,14?,15+,16-,17-,18?,19?,20?,21?,22?,23?,24+,25-,26-,27?/m1/s1. The molecule has 4 aliphatic heterocycles. The predicted molar refractivity (Wildman–Crippen MR) is 217 cm³/mol. The molecule has 4 heterocycles. The van der Waals surface area contributed by atoms with Gasteiger partial charge in [-0.25, -0.2) is 57.7 Å². The van der Waals surface area contributed by atoms with Crippen LogP contribution in [0.3, 0.4) is 0 Å². The lowest BCUT2D eigenvalue weighted by molar-refractivity contribution is -0.610. The third kappa shape index (κ3) is 20.7. The molecule has 12 N–H and O–H groups in total. The van der Waals surface area contributed by atoms with Crippen LogP contribution in [0.1, 0.15) is 13.8 Å². The van der Waals surface area contributed by atoms with Crippen molar-refractivity contribution in [2.24, 2.45) is 5.92 Å². The monoisotopic (exact) mass is 1320 g/mol. The van der Waals surface area contributed by atoms with Crippen LogP contribution in [0.5, 0.6) is 0 Å². The van der Waals surface area contributed by atoms with Gasteiger partial charge in [0.25, 0.3) is 0 Å². The summed E-state index contributed by atoms with van der Waals surface area (Å²) in [6.07, 6.45) is -46.2. The van der Waals surface area contributed by atoms with E-state index in [-0.39, 0.29) is 0 Å². The summed E-state index contributed by atoms with van der Waals surface area (Å²) < 4.78 is 238. The first-order valence-corrected chi connectivity index (χ1v) is 27.6. The van der Waals surface area contributed by atoms with Crippen LogP contribution in [-0.2, 0) is 180 Å². The maximum atomic E-state index is 12.9. The van der Waals surface area contributed by atoms with E-state index in [2.05, 4.69) is 81.3 Å². The molecule has 4 fully saturated rings. The fourth-order valence-electron chi connectivity index (χ4n) is 8.30. The molecule has 0 aliphatic carbocycles. The van der Waals surface area contributed by atoms with Gasteiger partial charge in [-0.1, -0.05) is 42.2 Å². The Morgan fingerprint density at radius 2 is 0.753 bits per heavy atom. The fourth-order valence-corrected chi connectivity index (χ4v) is 9.99. The van der Waals surface area contributed by atoms with Crippen LogP contribution < -0.4 is 0 Å². The summed E-state index contributed by atoms with van der Waals surface area (Å²) in [5.41, 5.74) is 0. The molecule has 4 aliphatic rings. The molecule has 4 rings (SSSR count). The molecule has 0 radical (unpaired) electrons. The number of rotatable bonds is 35. The fraction of sp³-hybridized carbons (Fsp3) is 1.00. The first-order valence-electron chi connectivity index (χ1n) is 20.8. The molecule has 0 amide bonds. The largest absolute Gasteiger partial charge is 0.397 e. The van der Waals surface area contributed by atoms with E-state index in [0.29, 0.717) is 0 Å². The first kappa shape index (κ1) is 71.7. The molecular weight excluding hydrogens is 1270 g/mol. The van der Waals surface area contributed by atoms with Gasteiger partial charge in [0.2, 0.25) is 5.79 Å². The number of methoxy groups -OCH3 is 1. The van der Waals surface area contributed by atoms with E-state index in [4.69, 9.17) is 47.0 Å². The molecule has 0 aromatic heterocycles. The molecule has 0 saturated carbocycles. The predicted octanol–water partition coefficient (Wildman–Crippen LogP) is -5.29. The highest BCUT2D eigenvalue weighted by Crippen LogP contribution is 2.46. The van der Waals surface area contributed by atoms with Crippen molar-refractivity contribution in [1.29, 1.82) is 0 Å². The first-order chi connectivity index (χ1) is 37.7. The summed E-state index contributed by atoms with van der Waals surface area (Å²) in [4.78, 5) is 32.6. The van der Waals surface area contributed by atoms with Gasteiger partial charge in [-0.15, -0.1) is 0 Å². The Labute approximate surface area is 450 Å². The lowest BCUT2D eigenvalue weighted by Gasteiger charge is -2.55. The van der Waals surface area contributed by atoms with Gasteiger partial charge in [0.05, 0.1) is 38.1 Å². The van der Waals surface area contributed by atoms with E-state index in [1.165, 1.54) is 13.8 Å². The topological polar surface area (TPSA) is 663 Å². The Balaban J connectivity index is 2.20. The second kappa shape index (κ2) is 31.2. The van der Waals surface area contributed by atoms with Gasteiger partial charge in [-0.2, -0.15) is 76.3 Å². The van der Waals surface area contributed by atoms with Gasteiger partial charge in [-0.3, -0.25) is 22.8 Å². The second-order valence-electron chi connectivity index (χ2n) is 15.8. The lowest BCUT2D eigenvalue weighted by atomic mass is 9.87. The Bertz CT molecular complexity index is 2390. The SMILES string of the molecule is COC1[C@H](C)OC(COS(=O)(=O)O)[C@@H](O[C@@H]2O[C@@H](COS(=O)(=O)O)C(O[C@H]3O[C@@H](COS(=O)(=O)O)[C@@H](OOO)C(OOO)C3OOO)(O[C@H]3O[C@@H](COS(=O)(=O)O)[C@@H](OOO)C(OOO)C3OOO)C(OOO)C2OS(=O)(=O)O)[C@@H]1C. The van der Waals surface area contributed by atoms with Gasteiger partial charge < -0.3 is 37.9 Å². The molecule has 480 valence electrons. The van der Waals surface area contributed by atoms with Crippen LogP contribution in [0, 0.1) is 5.92 Å². The van der Waals surface area contributed by atoms with E-state index < -0.39 is 201 Å². The van der Waals surface area contributed by atoms with Crippen LogP contribution in [-0.4, -0.2) is 251 Å². The highest BCUT2D eigenvalue weighted by molar-refractivity contribution is 7.81. The van der Waals surface area contributed by atoms with Crippen LogP contribution in [0.2, 0.25) is 0 Å². The van der Waals surface area contributed by atoms with Crippen molar-refractivity contribution in [2.45, 2.75) is 130 Å². The van der Waals surface area contributed by atoms with Gasteiger partial charge in [0.1, 0.15) is 31.0 Å². The second-order valence-corrected chi connectivity index (χ2v) is 21.2. The minimum atomic E-state index is -6.25. The molecule has 0 spiro atoms. The molecule has 0 bridgehead atoms. The molecule has 54 heteroatoms. The van der Waals surface area contributed by atoms with Crippen LogP contribution in [0.25, 0.3) is 0 Å². The number of hydrogen-bond acceptors (Lipinski definition) is 44. The average molecular weight is 1320 g/mol. The van der Waals surface area contributed by atoms with Gasteiger partial charge in [-0.05, 0) is 6.92 Å². The third-order valence-electron chi connectivity index (χ3n) is 11.1. The quantitative estimate of drug-likeness (QED) is 0.0122. The summed E-state index contributed by atoms with van der Waals surface area (Å²) in [5, 5.41) is 92.2. The number of hydrogen-bond donors (Lipinski definition) is 12. The van der Waals surface area contributed by atoms with E-state index in [1.54, 1.807) is 0 Å². The van der Waals surface area contributed by atoms with Crippen LogP contribution in [0.4, 0.5) is 0 Å². The van der Waals surface area contributed by atoms with E-state index in [9.17, 15) is 102 Å². The van der Waals surface area contributed by atoms with Gasteiger partial charge in [0.15, 0.2) is 67.7 Å². The van der Waals surface area contributed by atoms with Crippen molar-refractivity contribution in [1.82, 2.24) is 0 Å². The van der Waals surface area contributed by atoms with Crippen molar-refractivity contribution in [2.75, 3.05) is 33.5 Å². The van der Waals surface area contributed by atoms with Crippen LogP contribution >= 0.6 is 0 Å².